The van der Waals surface area contributed by atoms with Crippen LogP contribution in [0.25, 0.3) is 0 Å². The molecule has 76 valence electrons. The van der Waals surface area contributed by atoms with Gasteiger partial charge in [0.25, 0.3) is 0 Å². The lowest BCUT2D eigenvalue weighted by atomic mass is 10.1. The van der Waals surface area contributed by atoms with E-state index in [4.69, 9.17) is 0 Å². The molecule has 0 aromatic heterocycles. The van der Waals surface area contributed by atoms with Gasteiger partial charge in [0.2, 0.25) is 5.91 Å². The Kier molecular flexibility index (Phi) is 4.59. The first-order valence-corrected chi connectivity index (χ1v) is 6.78. The minimum atomic E-state index is -0.147. The van der Waals surface area contributed by atoms with Gasteiger partial charge in [-0.2, -0.15) is 0 Å². The molecular formula is C9H16BrNOS. The average Bonchev–Trinajstić information content (AvgIpc) is 2.54. The van der Waals surface area contributed by atoms with Gasteiger partial charge in [-0.1, -0.05) is 15.9 Å². The second kappa shape index (κ2) is 5.25. The fraction of sp³-hybridized carbons (Fsp3) is 0.889. The second-order valence-electron chi connectivity index (χ2n) is 3.48. The summed E-state index contributed by atoms with van der Waals surface area (Å²) >= 11 is 5.13. The number of alkyl halides is 1. The van der Waals surface area contributed by atoms with E-state index in [2.05, 4.69) is 21.2 Å². The lowest BCUT2D eigenvalue weighted by Crippen LogP contribution is -2.40. The number of amides is 1. The molecule has 0 radical (unpaired) electrons. The maximum Gasteiger partial charge on any atom is 0.235 e. The Labute approximate surface area is 92.4 Å². The van der Waals surface area contributed by atoms with Crippen molar-refractivity contribution in [2.24, 2.45) is 0 Å². The SMILES string of the molecule is CC1(C(=O)NCCCBr)CCCS1. The first kappa shape index (κ1) is 11.4. The summed E-state index contributed by atoms with van der Waals surface area (Å²) in [6.45, 7) is 2.84. The van der Waals surface area contributed by atoms with Crippen LogP contribution in [0.2, 0.25) is 0 Å². The van der Waals surface area contributed by atoms with Crippen LogP contribution in [-0.2, 0) is 4.79 Å². The largest absolute Gasteiger partial charge is 0.355 e. The minimum Gasteiger partial charge on any atom is -0.355 e. The summed E-state index contributed by atoms with van der Waals surface area (Å²) < 4.78 is -0.147. The molecule has 0 saturated carbocycles. The molecule has 1 saturated heterocycles. The molecule has 0 spiro atoms. The summed E-state index contributed by atoms with van der Waals surface area (Å²) in [5, 5.41) is 3.93. The Morgan fingerprint density at radius 1 is 1.69 bits per heavy atom. The van der Waals surface area contributed by atoms with Crippen molar-refractivity contribution in [1.29, 1.82) is 0 Å². The van der Waals surface area contributed by atoms with E-state index in [9.17, 15) is 4.79 Å². The summed E-state index contributed by atoms with van der Waals surface area (Å²) in [6.07, 6.45) is 3.21. The van der Waals surface area contributed by atoms with Gasteiger partial charge >= 0.3 is 0 Å². The maximum atomic E-state index is 11.7. The predicted molar refractivity (Wildman–Crippen MR) is 61.5 cm³/mol. The maximum absolute atomic E-state index is 11.7. The highest BCUT2D eigenvalue weighted by molar-refractivity contribution is 9.09. The van der Waals surface area contributed by atoms with Crippen molar-refractivity contribution < 1.29 is 4.79 Å². The van der Waals surface area contributed by atoms with E-state index in [0.29, 0.717) is 0 Å². The highest BCUT2D eigenvalue weighted by Gasteiger charge is 2.36. The normalized spacial score (nSPS) is 27.5. The zero-order valence-corrected chi connectivity index (χ0v) is 10.3. The van der Waals surface area contributed by atoms with E-state index < -0.39 is 0 Å². The molecule has 1 unspecified atom stereocenters. The van der Waals surface area contributed by atoms with Crippen molar-refractivity contribution in [3.63, 3.8) is 0 Å². The summed E-state index contributed by atoms with van der Waals surface area (Å²) in [4.78, 5) is 11.7. The third-order valence-corrected chi connectivity index (χ3v) is 4.38. The first-order chi connectivity index (χ1) is 6.19. The molecule has 0 aromatic carbocycles. The Bertz CT molecular complexity index is 180. The Morgan fingerprint density at radius 3 is 3.00 bits per heavy atom. The molecule has 13 heavy (non-hydrogen) atoms. The third kappa shape index (κ3) is 3.17. The van der Waals surface area contributed by atoms with Crippen molar-refractivity contribution in [2.45, 2.75) is 30.9 Å². The molecule has 0 aromatic rings. The average molecular weight is 266 g/mol. The van der Waals surface area contributed by atoms with Gasteiger partial charge in [0.1, 0.15) is 0 Å². The molecule has 0 aliphatic carbocycles. The van der Waals surface area contributed by atoms with Gasteiger partial charge in [0, 0.05) is 11.9 Å². The van der Waals surface area contributed by atoms with Gasteiger partial charge in [-0.05, 0) is 31.9 Å². The number of rotatable bonds is 4. The molecule has 1 aliphatic rings. The molecule has 0 bridgehead atoms. The monoisotopic (exact) mass is 265 g/mol. The molecule has 1 rings (SSSR count). The van der Waals surface area contributed by atoms with Crippen molar-refractivity contribution in [3.05, 3.63) is 0 Å². The Hall–Kier alpha value is 0.300. The van der Waals surface area contributed by atoms with Crippen LogP contribution in [0.4, 0.5) is 0 Å². The van der Waals surface area contributed by atoms with Gasteiger partial charge in [0.05, 0.1) is 4.75 Å². The Balaban J connectivity index is 2.29. The van der Waals surface area contributed by atoms with E-state index in [1.807, 2.05) is 6.92 Å². The topological polar surface area (TPSA) is 29.1 Å². The van der Waals surface area contributed by atoms with Gasteiger partial charge in [-0.3, -0.25) is 4.79 Å². The van der Waals surface area contributed by atoms with Crippen molar-refractivity contribution in [3.8, 4) is 0 Å². The fourth-order valence-electron chi connectivity index (χ4n) is 1.41. The third-order valence-electron chi connectivity index (χ3n) is 2.30. The van der Waals surface area contributed by atoms with Crippen molar-refractivity contribution in [2.75, 3.05) is 17.6 Å². The van der Waals surface area contributed by atoms with E-state index >= 15 is 0 Å². The van der Waals surface area contributed by atoms with Crippen molar-refractivity contribution >= 4 is 33.6 Å². The zero-order valence-electron chi connectivity index (χ0n) is 7.94. The standard InChI is InChI=1S/C9H16BrNOS/c1-9(4-2-7-13-9)8(12)11-6-3-5-10/h2-7H2,1H3,(H,11,12). The second-order valence-corrected chi connectivity index (χ2v) is 5.87. The van der Waals surface area contributed by atoms with Crippen LogP contribution < -0.4 is 5.32 Å². The Morgan fingerprint density at radius 2 is 2.46 bits per heavy atom. The van der Waals surface area contributed by atoms with Crippen LogP contribution in [0.1, 0.15) is 26.2 Å². The zero-order chi connectivity index (χ0) is 9.73. The lowest BCUT2D eigenvalue weighted by molar-refractivity contribution is -0.123. The van der Waals surface area contributed by atoms with E-state index in [-0.39, 0.29) is 10.7 Å². The number of carbonyl (C=O) groups excluding carboxylic acids is 1. The highest BCUT2D eigenvalue weighted by Crippen LogP contribution is 2.37. The van der Waals surface area contributed by atoms with Crippen LogP contribution in [0.15, 0.2) is 0 Å². The van der Waals surface area contributed by atoms with Gasteiger partial charge < -0.3 is 5.32 Å². The quantitative estimate of drug-likeness (QED) is 0.624. The molecule has 1 atom stereocenters. The van der Waals surface area contributed by atoms with Crippen LogP contribution >= 0.6 is 27.7 Å². The predicted octanol–water partition coefficient (Wildman–Crippen LogP) is 2.17. The highest BCUT2D eigenvalue weighted by atomic mass is 79.9. The molecule has 1 amide bonds. The van der Waals surface area contributed by atoms with Crippen LogP contribution in [0.5, 0.6) is 0 Å². The number of thioether (sulfide) groups is 1. The molecule has 2 nitrogen and oxygen atoms in total. The van der Waals surface area contributed by atoms with Crippen LogP contribution in [0, 0.1) is 0 Å². The van der Waals surface area contributed by atoms with Gasteiger partial charge in [-0.15, -0.1) is 11.8 Å². The molecule has 1 aliphatic heterocycles. The van der Waals surface area contributed by atoms with Gasteiger partial charge in [0.15, 0.2) is 0 Å². The van der Waals surface area contributed by atoms with Crippen molar-refractivity contribution in [1.82, 2.24) is 5.32 Å². The summed E-state index contributed by atoms with van der Waals surface area (Å²) in [5.74, 6) is 1.35. The number of halogens is 1. The summed E-state index contributed by atoms with van der Waals surface area (Å²) in [6, 6.07) is 0. The number of hydrogen-bond donors (Lipinski definition) is 1. The number of carbonyl (C=O) groups is 1. The molecule has 4 heteroatoms. The lowest BCUT2D eigenvalue weighted by Gasteiger charge is -2.21. The molecule has 1 fully saturated rings. The van der Waals surface area contributed by atoms with E-state index in [0.717, 1.165) is 30.5 Å². The number of nitrogens with one attached hydrogen (secondary N) is 1. The van der Waals surface area contributed by atoms with Crippen LogP contribution in [-0.4, -0.2) is 28.3 Å². The van der Waals surface area contributed by atoms with Gasteiger partial charge in [-0.25, -0.2) is 0 Å². The molecule has 1 N–H and O–H groups in total. The summed E-state index contributed by atoms with van der Waals surface area (Å²) in [5.41, 5.74) is 0. The number of hydrogen-bond acceptors (Lipinski definition) is 2. The summed E-state index contributed by atoms with van der Waals surface area (Å²) in [7, 11) is 0. The van der Waals surface area contributed by atoms with E-state index in [1.165, 1.54) is 6.42 Å². The van der Waals surface area contributed by atoms with Crippen LogP contribution in [0.3, 0.4) is 0 Å². The smallest absolute Gasteiger partial charge is 0.235 e. The fourth-order valence-corrected chi connectivity index (χ4v) is 2.93. The minimum absolute atomic E-state index is 0.147. The first-order valence-electron chi connectivity index (χ1n) is 4.67. The molecule has 1 heterocycles. The van der Waals surface area contributed by atoms with E-state index in [1.54, 1.807) is 11.8 Å². The molecular weight excluding hydrogens is 250 g/mol.